The number of nitrogens with zero attached hydrogens (tertiary/aromatic N) is 1. The van der Waals surface area contributed by atoms with Crippen LogP contribution in [0.5, 0.6) is 0 Å². The first kappa shape index (κ1) is 15.3. The minimum Gasteiger partial charge on any atom is -0.313 e. The zero-order chi connectivity index (χ0) is 14.8. The number of hydrogen-bond donors (Lipinski definition) is 1. The zero-order valence-corrected chi connectivity index (χ0v) is 13.5. The molecule has 1 aromatic carbocycles. The van der Waals surface area contributed by atoms with Crippen molar-refractivity contribution in [2.75, 3.05) is 6.54 Å². The molecule has 0 aliphatic carbocycles. The Morgan fingerprint density at radius 1 is 1.25 bits per heavy atom. The van der Waals surface area contributed by atoms with Gasteiger partial charge in [-0.25, -0.2) is 0 Å². The first-order valence-electron chi connectivity index (χ1n) is 7.18. The maximum absolute atomic E-state index is 6.05. The first-order valence-corrected chi connectivity index (χ1v) is 7.56. The Bertz CT molecular complexity index is 587. The fourth-order valence-corrected chi connectivity index (χ4v) is 2.68. The van der Waals surface area contributed by atoms with Gasteiger partial charge < -0.3 is 5.32 Å². The Balaban J connectivity index is 2.37. The molecule has 0 aliphatic rings. The molecule has 0 saturated carbocycles. The summed E-state index contributed by atoms with van der Waals surface area (Å²) in [5, 5.41) is 5.54. The summed E-state index contributed by atoms with van der Waals surface area (Å²) in [6.07, 6.45) is 2.87. The molecule has 2 nitrogen and oxygen atoms in total. The standard InChI is InChI=1S/C17H23ClN2/c1-5-19-16(17(2,3)4)10-12-8-9-20-15-11-13(18)6-7-14(12)15/h6-9,11,16,19H,5,10H2,1-4H3. The van der Waals surface area contributed by atoms with Crippen LogP contribution in [0.4, 0.5) is 0 Å². The number of nitrogens with one attached hydrogen (secondary N) is 1. The number of rotatable bonds is 4. The third-order valence-corrected chi connectivity index (χ3v) is 3.95. The van der Waals surface area contributed by atoms with Crippen LogP contribution in [0.15, 0.2) is 30.5 Å². The van der Waals surface area contributed by atoms with Gasteiger partial charge in [0.15, 0.2) is 0 Å². The van der Waals surface area contributed by atoms with Crippen LogP contribution in [0.1, 0.15) is 33.3 Å². The van der Waals surface area contributed by atoms with Gasteiger partial charge in [0.05, 0.1) is 5.52 Å². The summed E-state index contributed by atoms with van der Waals surface area (Å²) in [5.41, 5.74) is 2.52. The van der Waals surface area contributed by atoms with Gasteiger partial charge in [-0.2, -0.15) is 0 Å². The van der Waals surface area contributed by atoms with Crippen molar-refractivity contribution >= 4 is 22.5 Å². The highest BCUT2D eigenvalue weighted by atomic mass is 35.5. The van der Waals surface area contributed by atoms with Crippen LogP contribution in [0.25, 0.3) is 10.9 Å². The van der Waals surface area contributed by atoms with E-state index in [0.717, 1.165) is 23.5 Å². The van der Waals surface area contributed by atoms with E-state index in [2.05, 4.69) is 50.1 Å². The van der Waals surface area contributed by atoms with Crippen molar-refractivity contribution in [2.24, 2.45) is 5.41 Å². The predicted molar refractivity (Wildman–Crippen MR) is 87.4 cm³/mol. The van der Waals surface area contributed by atoms with Crippen molar-refractivity contribution in [1.82, 2.24) is 10.3 Å². The van der Waals surface area contributed by atoms with Gasteiger partial charge in [-0.05, 0) is 42.1 Å². The molecule has 1 atom stereocenters. The average Bonchev–Trinajstić information content (AvgIpc) is 2.37. The predicted octanol–water partition coefficient (Wildman–Crippen LogP) is 4.45. The van der Waals surface area contributed by atoms with E-state index in [1.807, 2.05) is 18.3 Å². The third kappa shape index (κ3) is 3.50. The summed E-state index contributed by atoms with van der Waals surface area (Å²) in [6.45, 7) is 9.97. The van der Waals surface area contributed by atoms with E-state index in [1.54, 1.807) is 0 Å². The van der Waals surface area contributed by atoms with Gasteiger partial charge in [-0.1, -0.05) is 45.4 Å². The van der Waals surface area contributed by atoms with Crippen molar-refractivity contribution < 1.29 is 0 Å². The van der Waals surface area contributed by atoms with Crippen LogP contribution in [0.3, 0.4) is 0 Å². The second kappa shape index (κ2) is 6.11. The van der Waals surface area contributed by atoms with Gasteiger partial charge in [0.2, 0.25) is 0 Å². The minimum absolute atomic E-state index is 0.220. The number of halogens is 1. The molecule has 0 saturated heterocycles. The molecule has 1 heterocycles. The van der Waals surface area contributed by atoms with Crippen molar-refractivity contribution in [3.63, 3.8) is 0 Å². The molecule has 0 aliphatic heterocycles. The summed E-state index contributed by atoms with van der Waals surface area (Å²) in [6, 6.07) is 8.50. The van der Waals surface area contributed by atoms with Gasteiger partial charge >= 0.3 is 0 Å². The second-order valence-corrected chi connectivity index (χ2v) is 6.75. The van der Waals surface area contributed by atoms with E-state index in [-0.39, 0.29) is 5.41 Å². The molecule has 0 radical (unpaired) electrons. The smallest absolute Gasteiger partial charge is 0.0719 e. The Morgan fingerprint density at radius 2 is 2.00 bits per heavy atom. The van der Waals surface area contributed by atoms with Crippen molar-refractivity contribution in [2.45, 2.75) is 40.2 Å². The van der Waals surface area contributed by atoms with Crippen molar-refractivity contribution in [3.05, 3.63) is 41.0 Å². The van der Waals surface area contributed by atoms with Crippen molar-refractivity contribution in [3.8, 4) is 0 Å². The summed E-state index contributed by atoms with van der Waals surface area (Å²) in [7, 11) is 0. The molecule has 0 fully saturated rings. The highest BCUT2D eigenvalue weighted by molar-refractivity contribution is 6.31. The molecule has 20 heavy (non-hydrogen) atoms. The molecule has 0 spiro atoms. The molecule has 0 bridgehead atoms. The minimum atomic E-state index is 0.220. The lowest BCUT2D eigenvalue weighted by Gasteiger charge is -2.32. The van der Waals surface area contributed by atoms with Gasteiger partial charge in [0, 0.05) is 22.6 Å². The first-order chi connectivity index (χ1) is 9.41. The number of pyridine rings is 1. The quantitative estimate of drug-likeness (QED) is 0.899. The van der Waals surface area contributed by atoms with E-state index in [9.17, 15) is 0 Å². The van der Waals surface area contributed by atoms with Gasteiger partial charge in [-0.15, -0.1) is 0 Å². The van der Waals surface area contributed by atoms with Crippen LogP contribution in [0, 0.1) is 5.41 Å². The molecular formula is C17H23ClN2. The van der Waals surface area contributed by atoms with Crippen LogP contribution >= 0.6 is 11.6 Å². The number of hydrogen-bond acceptors (Lipinski definition) is 2. The van der Waals surface area contributed by atoms with E-state index in [0.29, 0.717) is 6.04 Å². The topological polar surface area (TPSA) is 24.9 Å². The summed E-state index contributed by atoms with van der Waals surface area (Å²) < 4.78 is 0. The Morgan fingerprint density at radius 3 is 2.65 bits per heavy atom. The van der Waals surface area contributed by atoms with Gasteiger partial charge in [0.1, 0.15) is 0 Å². The fraction of sp³-hybridized carbons (Fsp3) is 0.471. The maximum atomic E-state index is 6.05. The highest BCUT2D eigenvalue weighted by Gasteiger charge is 2.24. The lowest BCUT2D eigenvalue weighted by molar-refractivity contribution is 0.270. The largest absolute Gasteiger partial charge is 0.313 e. The Labute approximate surface area is 126 Å². The third-order valence-electron chi connectivity index (χ3n) is 3.72. The monoisotopic (exact) mass is 290 g/mol. The SMILES string of the molecule is CCNC(Cc1ccnc2cc(Cl)ccc12)C(C)(C)C. The number of benzene rings is 1. The lowest BCUT2D eigenvalue weighted by Crippen LogP contribution is -2.41. The number of likely N-dealkylation sites (N-methyl/N-ethyl adjacent to an activating group) is 1. The van der Waals surface area contributed by atoms with Crippen LogP contribution in [-0.4, -0.2) is 17.6 Å². The second-order valence-electron chi connectivity index (χ2n) is 6.31. The average molecular weight is 291 g/mol. The van der Waals surface area contributed by atoms with Crippen LogP contribution in [-0.2, 0) is 6.42 Å². The Kier molecular flexibility index (Phi) is 4.66. The molecule has 2 aromatic rings. The molecule has 1 unspecified atom stereocenters. The highest BCUT2D eigenvalue weighted by Crippen LogP contribution is 2.26. The molecule has 3 heteroatoms. The zero-order valence-electron chi connectivity index (χ0n) is 12.7. The van der Waals surface area contributed by atoms with E-state index in [4.69, 9.17) is 11.6 Å². The summed E-state index contributed by atoms with van der Waals surface area (Å²) in [4.78, 5) is 4.41. The van der Waals surface area contributed by atoms with E-state index in [1.165, 1.54) is 10.9 Å². The molecule has 1 N–H and O–H groups in total. The van der Waals surface area contributed by atoms with Gasteiger partial charge in [-0.3, -0.25) is 4.98 Å². The fourth-order valence-electron chi connectivity index (χ4n) is 2.51. The lowest BCUT2D eigenvalue weighted by atomic mass is 9.82. The molecule has 1 aromatic heterocycles. The maximum Gasteiger partial charge on any atom is 0.0719 e. The summed E-state index contributed by atoms with van der Waals surface area (Å²) in [5.74, 6) is 0. The van der Waals surface area contributed by atoms with Crippen LogP contribution in [0.2, 0.25) is 5.02 Å². The summed E-state index contributed by atoms with van der Waals surface area (Å²) >= 11 is 6.05. The normalized spacial score (nSPS) is 13.7. The van der Waals surface area contributed by atoms with Crippen LogP contribution < -0.4 is 5.32 Å². The van der Waals surface area contributed by atoms with E-state index >= 15 is 0 Å². The molecule has 0 amide bonds. The molecule has 2 rings (SSSR count). The molecule has 108 valence electrons. The number of aromatic nitrogens is 1. The Hall–Kier alpha value is -1.12. The van der Waals surface area contributed by atoms with Crippen molar-refractivity contribution in [1.29, 1.82) is 0 Å². The van der Waals surface area contributed by atoms with Gasteiger partial charge in [0.25, 0.3) is 0 Å². The number of fused-ring (bicyclic) bond motifs is 1. The molecular weight excluding hydrogens is 268 g/mol. The van der Waals surface area contributed by atoms with E-state index < -0.39 is 0 Å².